The van der Waals surface area contributed by atoms with Crippen LogP contribution in [0.1, 0.15) is 71.4 Å². The van der Waals surface area contributed by atoms with Crippen LogP contribution in [0.5, 0.6) is 0 Å². The molecule has 4 aliphatic heterocycles. The van der Waals surface area contributed by atoms with Crippen LogP contribution in [0.2, 0.25) is 0 Å². The number of nitrogens with zero attached hydrogens (tertiary/aromatic N) is 6. The van der Waals surface area contributed by atoms with E-state index in [1.165, 1.54) is 31.7 Å². The predicted molar refractivity (Wildman–Crippen MR) is 207 cm³/mol. The number of aryl methyl sites for hydroxylation is 1. The molecule has 3 atom stereocenters. The standard InChI is InChI=1S/C38H43N11O6S.ClH/c50-31-13-12-30(35(53)43-31)49-36(54)26-4-3-7-29(34(26)37(49)55)39-20-24-21-48(45-44-24)15-14-32(51)40-23-8-10-25(11-9-23)46-16-18-47(19-17-46)33(52)22-56-38-41-27-5-1-2-6-28(27)42-38;/h3-4,7-11,21,27-28,30,39H,1-2,5-6,12-20,22H2,(H,40,51)(H,41,42)(H,43,50,53);1H/t27-,28-,30?;/m1./s1. The fourth-order valence-electron chi connectivity index (χ4n) is 7.95. The molecule has 2 aromatic carbocycles. The van der Waals surface area contributed by atoms with E-state index in [9.17, 15) is 28.8 Å². The number of carbonyl (C=O) groups excluding carboxylic acids is 6. The summed E-state index contributed by atoms with van der Waals surface area (Å²) in [5, 5.41) is 21.2. The summed E-state index contributed by atoms with van der Waals surface area (Å²) in [5.41, 5.74) is 3.01. The minimum absolute atomic E-state index is 0. The molecule has 2 saturated heterocycles. The van der Waals surface area contributed by atoms with Gasteiger partial charge in [-0.2, -0.15) is 0 Å². The highest BCUT2D eigenvalue weighted by Gasteiger charge is 2.45. The lowest BCUT2D eigenvalue weighted by atomic mass is 9.92. The third-order valence-corrected chi connectivity index (χ3v) is 11.9. The number of amides is 6. The third-order valence-electron chi connectivity index (χ3n) is 11.0. The average molecular weight is 818 g/mol. The first-order valence-corrected chi connectivity index (χ1v) is 20.1. The zero-order valence-corrected chi connectivity index (χ0v) is 32.7. The normalized spacial score (nSPS) is 21.6. The number of amidine groups is 1. The molecule has 0 spiro atoms. The highest BCUT2D eigenvalue weighted by Crippen LogP contribution is 2.32. The van der Waals surface area contributed by atoms with Gasteiger partial charge in [0.1, 0.15) is 23.8 Å². The van der Waals surface area contributed by atoms with Crippen molar-refractivity contribution in [3.8, 4) is 0 Å². The number of imide groups is 2. The lowest BCUT2D eigenvalue weighted by molar-refractivity contribution is -0.496. The molecule has 5 N–H and O–H groups in total. The first-order valence-electron chi connectivity index (χ1n) is 19.1. The molecule has 6 amide bonds. The number of fused-ring (bicyclic) bond motifs is 2. The predicted octanol–water partition coefficient (Wildman–Crippen LogP) is -2.94. The van der Waals surface area contributed by atoms with Gasteiger partial charge in [0.25, 0.3) is 11.8 Å². The largest absolute Gasteiger partial charge is 1.00 e. The smallest absolute Gasteiger partial charge is 0.305 e. The molecule has 0 radical (unpaired) electrons. The summed E-state index contributed by atoms with van der Waals surface area (Å²) in [5.74, 6) is -1.88. The second-order valence-electron chi connectivity index (χ2n) is 14.6. The molecule has 8 rings (SSSR count). The quantitative estimate of drug-likeness (QED) is 0.123. The molecule has 1 unspecified atom stereocenters. The van der Waals surface area contributed by atoms with Crippen molar-refractivity contribution in [3.63, 3.8) is 0 Å². The van der Waals surface area contributed by atoms with Crippen molar-refractivity contribution in [2.24, 2.45) is 0 Å². The first-order chi connectivity index (χ1) is 27.2. The molecule has 3 fully saturated rings. The van der Waals surface area contributed by atoms with Crippen LogP contribution < -0.4 is 43.6 Å². The number of thioether (sulfide) groups is 1. The highest BCUT2D eigenvalue weighted by molar-refractivity contribution is 8.14. The summed E-state index contributed by atoms with van der Waals surface area (Å²) < 4.78 is 1.56. The van der Waals surface area contributed by atoms with Crippen molar-refractivity contribution in [1.82, 2.24) is 35.4 Å². The maximum absolute atomic E-state index is 13.4. The zero-order valence-electron chi connectivity index (χ0n) is 31.2. The number of anilines is 3. The molecule has 19 heteroatoms. The van der Waals surface area contributed by atoms with Gasteiger partial charge in [-0.15, -0.1) is 5.10 Å². The Morgan fingerprint density at radius 1 is 0.947 bits per heavy atom. The number of hydrogen-bond acceptors (Lipinski definition) is 12. The minimum atomic E-state index is -1.05. The van der Waals surface area contributed by atoms with Gasteiger partial charge in [-0.1, -0.05) is 11.3 Å². The van der Waals surface area contributed by atoms with Crippen LogP contribution in [0.25, 0.3) is 0 Å². The number of halogens is 1. The van der Waals surface area contributed by atoms with E-state index in [-0.39, 0.29) is 61.2 Å². The number of nitrogens with one attached hydrogen (secondary N) is 5. The number of hydrogen-bond donors (Lipinski definition) is 5. The van der Waals surface area contributed by atoms with Gasteiger partial charge < -0.3 is 32.8 Å². The molecular formula is C38H44ClN11O6S. The summed E-state index contributed by atoms with van der Waals surface area (Å²) in [6.07, 6.45) is 6.88. The number of benzene rings is 2. The topological polar surface area (TPSA) is 205 Å². The molecule has 57 heavy (non-hydrogen) atoms. The Balaban J connectivity index is 0.00000496. The van der Waals surface area contributed by atoms with Crippen molar-refractivity contribution in [2.75, 3.05) is 47.5 Å². The van der Waals surface area contributed by atoms with E-state index in [0.717, 1.165) is 28.8 Å². The van der Waals surface area contributed by atoms with E-state index in [1.807, 2.05) is 29.2 Å². The second kappa shape index (κ2) is 17.3. The second-order valence-corrected chi connectivity index (χ2v) is 15.6. The molecule has 3 aromatic rings. The number of piperidine rings is 1. The van der Waals surface area contributed by atoms with Crippen LogP contribution in [0.3, 0.4) is 0 Å². The molecule has 5 aliphatic rings. The van der Waals surface area contributed by atoms with Gasteiger partial charge in [0, 0.05) is 56.1 Å². The van der Waals surface area contributed by atoms with E-state index < -0.39 is 29.7 Å². The Morgan fingerprint density at radius 2 is 1.74 bits per heavy atom. The summed E-state index contributed by atoms with van der Waals surface area (Å²) in [4.78, 5) is 84.9. The van der Waals surface area contributed by atoms with Crippen LogP contribution in [-0.2, 0) is 32.3 Å². The number of rotatable bonds is 11. The van der Waals surface area contributed by atoms with Gasteiger partial charge in [-0.3, -0.25) is 54.0 Å². The SMILES string of the molecule is O=C1CCC(N2C(=O)c3cccc(NCc4cn(CCC(=O)Nc5ccc(N6CCN(C(=O)CSC7=[NH+][C@@H]8CCCC[C@H]8N7)CC6)cc5)nn4)c3C2=O)C(=O)N1.[Cl-]. The van der Waals surface area contributed by atoms with Crippen LogP contribution in [0.4, 0.5) is 17.1 Å². The monoisotopic (exact) mass is 817 g/mol. The van der Waals surface area contributed by atoms with Crippen LogP contribution in [0.15, 0.2) is 48.7 Å². The van der Waals surface area contributed by atoms with Gasteiger partial charge in [-0.05, 0) is 80.3 Å². The Morgan fingerprint density at radius 3 is 2.51 bits per heavy atom. The van der Waals surface area contributed by atoms with Gasteiger partial charge in [0.15, 0.2) is 0 Å². The number of aromatic nitrogens is 3. The van der Waals surface area contributed by atoms with Gasteiger partial charge in [-0.25, -0.2) is 0 Å². The van der Waals surface area contributed by atoms with E-state index in [0.29, 0.717) is 54.5 Å². The summed E-state index contributed by atoms with van der Waals surface area (Å²) in [6.45, 7) is 3.29. The maximum Gasteiger partial charge on any atom is 0.305 e. The van der Waals surface area contributed by atoms with Crippen molar-refractivity contribution >= 4 is 69.4 Å². The van der Waals surface area contributed by atoms with Crippen LogP contribution in [-0.4, -0.2) is 115 Å². The minimum Gasteiger partial charge on any atom is -1.00 e. The number of carbonyl (C=O) groups is 6. The lowest BCUT2D eigenvalue weighted by Gasteiger charge is -2.36. The molecule has 1 aromatic heterocycles. The summed E-state index contributed by atoms with van der Waals surface area (Å²) in [6, 6.07) is 12.5. The third kappa shape index (κ3) is 8.76. The van der Waals surface area contributed by atoms with E-state index in [4.69, 9.17) is 0 Å². The summed E-state index contributed by atoms with van der Waals surface area (Å²) in [7, 11) is 0. The van der Waals surface area contributed by atoms with Crippen molar-refractivity contribution in [3.05, 3.63) is 65.5 Å². The molecule has 17 nitrogen and oxygen atoms in total. The molecule has 300 valence electrons. The van der Waals surface area contributed by atoms with Crippen molar-refractivity contribution in [2.45, 2.75) is 76.2 Å². The Hall–Kier alpha value is -5.49. The maximum atomic E-state index is 13.4. The first kappa shape index (κ1) is 39.7. The molecule has 1 aliphatic carbocycles. The van der Waals surface area contributed by atoms with Gasteiger partial charge >= 0.3 is 5.17 Å². The Kier molecular flexibility index (Phi) is 12.1. The van der Waals surface area contributed by atoms with Crippen molar-refractivity contribution in [1.29, 1.82) is 0 Å². The number of piperazine rings is 1. The summed E-state index contributed by atoms with van der Waals surface area (Å²) >= 11 is 1.58. The van der Waals surface area contributed by atoms with E-state index in [2.05, 4.69) is 41.5 Å². The van der Waals surface area contributed by atoms with Crippen molar-refractivity contribution < 1.29 is 46.2 Å². The Labute approximate surface area is 339 Å². The van der Waals surface area contributed by atoms with Crippen LogP contribution in [0, 0.1) is 0 Å². The fourth-order valence-corrected chi connectivity index (χ4v) is 8.87. The lowest BCUT2D eigenvalue weighted by Crippen LogP contribution is -3.00. The van der Waals surface area contributed by atoms with Gasteiger partial charge in [0.2, 0.25) is 23.6 Å². The van der Waals surface area contributed by atoms with Gasteiger partial charge in [0.05, 0.1) is 36.2 Å². The zero-order chi connectivity index (χ0) is 38.8. The average Bonchev–Trinajstić information content (AvgIpc) is 3.92. The highest BCUT2D eigenvalue weighted by atomic mass is 35.5. The molecule has 0 bridgehead atoms. The van der Waals surface area contributed by atoms with E-state index >= 15 is 0 Å². The van der Waals surface area contributed by atoms with Crippen LogP contribution >= 0.6 is 11.8 Å². The van der Waals surface area contributed by atoms with E-state index in [1.54, 1.807) is 34.8 Å². The molecular weight excluding hydrogens is 774 g/mol. The fraction of sp³-hybridized carbons (Fsp3) is 0.447. The molecule has 5 heterocycles. The molecule has 1 saturated carbocycles. The Bertz CT molecular complexity index is 2090.